The second kappa shape index (κ2) is 11.2. The molecule has 1 atom stereocenters. The van der Waals surface area contributed by atoms with Crippen LogP contribution in [0.25, 0.3) is 0 Å². The minimum Gasteiger partial charge on any atom is -0.465 e. The normalized spacial score (nSPS) is 16.4. The molecule has 4 rings (SSSR count). The zero-order valence-electron chi connectivity index (χ0n) is 23.1. The zero-order valence-corrected chi connectivity index (χ0v) is 23.1. The number of hydrogen-bond donors (Lipinski definition) is 2. The molecule has 0 aromatic heterocycles. The fraction of sp³-hybridized carbons (Fsp3) is 0.345. The van der Waals surface area contributed by atoms with Crippen LogP contribution < -0.4 is 10.6 Å². The Labute approximate surface area is 228 Å². The van der Waals surface area contributed by atoms with Crippen LogP contribution in [0.15, 0.2) is 76.1 Å². The number of carbonyl (C=O) groups is 3. The van der Waals surface area contributed by atoms with Gasteiger partial charge in [-0.2, -0.15) is 5.10 Å². The number of benzene rings is 2. The lowest BCUT2D eigenvalue weighted by Gasteiger charge is -2.35. The SMILES string of the molecule is CCC1=C2C(NC(=O)c3ccc(C(=O)OC)cc3)=NN=C2C(C)(C)N1C(=O)N[C@H](CN(C)C)c1ccccc1. The molecule has 0 aliphatic carbocycles. The number of methoxy groups -OCH3 is 1. The lowest BCUT2D eigenvalue weighted by molar-refractivity contribution is 0.0600. The fourth-order valence-corrected chi connectivity index (χ4v) is 4.92. The number of ether oxygens (including phenoxy) is 1. The minimum absolute atomic E-state index is 0.226. The number of amides is 3. The van der Waals surface area contributed by atoms with Crippen molar-refractivity contribution >= 4 is 29.5 Å². The number of fused-ring (bicyclic) bond motifs is 1. The van der Waals surface area contributed by atoms with Gasteiger partial charge in [-0.25, -0.2) is 9.59 Å². The molecule has 0 saturated heterocycles. The minimum atomic E-state index is -0.789. The van der Waals surface area contributed by atoms with Crippen LogP contribution in [0.4, 0.5) is 4.79 Å². The first kappa shape index (κ1) is 27.7. The highest BCUT2D eigenvalue weighted by Crippen LogP contribution is 2.39. The van der Waals surface area contributed by atoms with Gasteiger partial charge in [0.2, 0.25) is 0 Å². The van der Waals surface area contributed by atoms with E-state index in [2.05, 4.69) is 20.8 Å². The summed E-state index contributed by atoms with van der Waals surface area (Å²) < 4.78 is 4.71. The van der Waals surface area contributed by atoms with Crippen LogP contribution in [0.5, 0.6) is 0 Å². The van der Waals surface area contributed by atoms with Gasteiger partial charge >= 0.3 is 12.0 Å². The van der Waals surface area contributed by atoms with E-state index in [0.717, 1.165) is 11.3 Å². The Bertz CT molecular complexity index is 1360. The first-order chi connectivity index (χ1) is 18.6. The van der Waals surface area contributed by atoms with E-state index >= 15 is 0 Å². The molecular formula is C29H34N6O4. The molecule has 0 radical (unpaired) electrons. The van der Waals surface area contributed by atoms with Crippen molar-refractivity contribution in [1.82, 2.24) is 20.4 Å². The van der Waals surface area contributed by atoms with Crippen molar-refractivity contribution in [2.75, 3.05) is 27.7 Å². The van der Waals surface area contributed by atoms with Gasteiger partial charge in [-0.15, -0.1) is 5.10 Å². The molecule has 2 heterocycles. The molecule has 0 saturated carbocycles. The topological polar surface area (TPSA) is 116 Å². The maximum Gasteiger partial charge on any atom is 0.337 e. The molecule has 0 bridgehead atoms. The first-order valence-corrected chi connectivity index (χ1v) is 12.8. The molecule has 2 aliphatic rings. The number of nitrogens with zero attached hydrogens (tertiary/aromatic N) is 4. The number of nitrogens with one attached hydrogen (secondary N) is 2. The lowest BCUT2D eigenvalue weighted by atomic mass is 9.95. The summed E-state index contributed by atoms with van der Waals surface area (Å²) in [6.07, 6.45) is 0.525. The Morgan fingerprint density at radius 2 is 1.64 bits per heavy atom. The summed E-state index contributed by atoms with van der Waals surface area (Å²) in [4.78, 5) is 42.3. The molecule has 10 heteroatoms. The maximum atomic E-state index is 13.8. The highest BCUT2D eigenvalue weighted by atomic mass is 16.5. The van der Waals surface area contributed by atoms with Crippen LogP contribution in [0, 0.1) is 0 Å². The van der Waals surface area contributed by atoms with Crippen molar-refractivity contribution in [1.29, 1.82) is 0 Å². The maximum absolute atomic E-state index is 13.8. The van der Waals surface area contributed by atoms with Gasteiger partial charge in [0.05, 0.1) is 29.8 Å². The van der Waals surface area contributed by atoms with Gasteiger partial charge in [-0.1, -0.05) is 37.3 Å². The van der Waals surface area contributed by atoms with Gasteiger partial charge in [0.1, 0.15) is 5.71 Å². The molecule has 39 heavy (non-hydrogen) atoms. The molecule has 2 aliphatic heterocycles. The van der Waals surface area contributed by atoms with Crippen LogP contribution in [-0.4, -0.2) is 72.5 Å². The number of likely N-dealkylation sites (N-methyl/N-ethyl adjacent to an activating group) is 1. The third-order valence-electron chi connectivity index (χ3n) is 6.81. The van der Waals surface area contributed by atoms with E-state index in [0.29, 0.717) is 41.2 Å². The molecule has 3 amide bonds. The third-order valence-corrected chi connectivity index (χ3v) is 6.81. The summed E-state index contributed by atoms with van der Waals surface area (Å²) >= 11 is 0. The fourth-order valence-electron chi connectivity index (χ4n) is 4.92. The number of rotatable bonds is 7. The Hall–Kier alpha value is -4.31. The van der Waals surface area contributed by atoms with Crippen molar-refractivity contribution < 1.29 is 19.1 Å². The van der Waals surface area contributed by atoms with E-state index in [-0.39, 0.29) is 12.1 Å². The number of hydrogen-bond acceptors (Lipinski definition) is 7. The van der Waals surface area contributed by atoms with E-state index < -0.39 is 17.4 Å². The highest BCUT2D eigenvalue weighted by Gasteiger charge is 2.50. The molecule has 2 N–H and O–H groups in total. The van der Waals surface area contributed by atoms with Gasteiger partial charge in [0.15, 0.2) is 5.84 Å². The molecule has 2 aromatic rings. The van der Waals surface area contributed by atoms with Gasteiger partial charge in [0, 0.05) is 17.8 Å². The van der Waals surface area contributed by atoms with Gasteiger partial charge in [0.25, 0.3) is 5.91 Å². The van der Waals surface area contributed by atoms with Crippen molar-refractivity contribution in [2.45, 2.75) is 38.8 Å². The van der Waals surface area contributed by atoms with Crippen LogP contribution in [-0.2, 0) is 4.74 Å². The standard InChI is InChI=1S/C29H34N6O4/c1-7-22-23-24(32-33-25(23)31-26(36)19-13-15-20(16-14-19)27(37)39-6)29(2,3)35(22)28(38)30-21(17-34(4)5)18-11-9-8-10-12-18/h8-16,21H,7,17H2,1-6H3,(H,30,38)(H,31,33,36)/t21-/m1/s1. The Morgan fingerprint density at radius 3 is 2.23 bits per heavy atom. The van der Waals surface area contributed by atoms with Crippen LogP contribution in [0.2, 0.25) is 0 Å². The van der Waals surface area contributed by atoms with E-state index in [4.69, 9.17) is 4.74 Å². The predicted molar refractivity (Wildman–Crippen MR) is 150 cm³/mol. The number of urea groups is 1. The quantitative estimate of drug-likeness (QED) is 0.529. The van der Waals surface area contributed by atoms with Gasteiger partial charge in [-0.3, -0.25) is 9.69 Å². The average Bonchev–Trinajstić information content (AvgIpc) is 3.44. The second-order valence-corrected chi connectivity index (χ2v) is 10.2. The lowest BCUT2D eigenvalue weighted by Crippen LogP contribution is -2.52. The van der Waals surface area contributed by atoms with Crippen LogP contribution >= 0.6 is 0 Å². The summed E-state index contributed by atoms with van der Waals surface area (Å²) in [5.74, 6) is -0.592. The van der Waals surface area contributed by atoms with E-state index in [9.17, 15) is 14.4 Å². The second-order valence-electron chi connectivity index (χ2n) is 10.2. The van der Waals surface area contributed by atoms with Gasteiger partial charge < -0.3 is 20.3 Å². The molecule has 0 unspecified atom stereocenters. The van der Waals surface area contributed by atoms with Crippen molar-refractivity contribution in [2.24, 2.45) is 10.2 Å². The smallest absolute Gasteiger partial charge is 0.337 e. The summed E-state index contributed by atoms with van der Waals surface area (Å²) in [5, 5.41) is 14.7. The van der Waals surface area contributed by atoms with Crippen LogP contribution in [0.1, 0.15) is 59.5 Å². The highest BCUT2D eigenvalue weighted by molar-refractivity contribution is 6.34. The summed E-state index contributed by atoms with van der Waals surface area (Å²) in [7, 11) is 5.23. The molecule has 204 valence electrons. The molecular weight excluding hydrogens is 496 g/mol. The monoisotopic (exact) mass is 530 g/mol. The molecule has 0 fully saturated rings. The Balaban J connectivity index is 1.59. The predicted octanol–water partition coefficient (Wildman–Crippen LogP) is 3.74. The van der Waals surface area contributed by atoms with Crippen molar-refractivity contribution in [3.63, 3.8) is 0 Å². The molecule has 10 nitrogen and oxygen atoms in total. The Morgan fingerprint density at radius 1 is 1.00 bits per heavy atom. The molecule has 0 spiro atoms. The largest absolute Gasteiger partial charge is 0.465 e. The number of esters is 1. The first-order valence-electron chi connectivity index (χ1n) is 12.8. The van der Waals surface area contributed by atoms with Crippen LogP contribution in [0.3, 0.4) is 0 Å². The number of allylic oxidation sites excluding steroid dienone is 1. The van der Waals surface area contributed by atoms with E-state index in [1.807, 2.05) is 70.1 Å². The van der Waals surface area contributed by atoms with Crippen molar-refractivity contribution in [3.8, 4) is 0 Å². The zero-order chi connectivity index (χ0) is 28.3. The average molecular weight is 531 g/mol. The summed E-state index contributed by atoms with van der Waals surface area (Å²) in [6, 6.07) is 15.5. The van der Waals surface area contributed by atoms with Gasteiger partial charge in [-0.05, 0) is 64.2 Å². The van der Waals surface area contributed by atoms with Crippen molar-refractivity contribution in [3.05, 3.63) is 82.6 Å². The third kappa shape index (κ3) is 5.46. The number of amidine groups is 1. The van der Waals surface area contributed by atoms with E-state index in [1.54, 1.807) is 17.0 Å². The summed E-state index contributed by atoms with van der Waals surface area (Å²) in [5.41, 5.74) is 2.91. The Kier molecular flexibility index (Phi) is 7.96. The summed E-state index contributed by atoms with van der Waals surface area (Å²) in [6.45, 7) is 6.42. The van der Waals surface area contributed by atoms with E-state index in [1.165, 1.54) is 19.2 Å². The number of carbonyl (C=O) groups excluding carboxylic acids is 3. The molecule has 2 aromatic carbocycles.